The van der Waals surface area contributed by atoms with Crippen molar-refractivity contribution in [1.29, 1.82) is 0 Å². The molecule has 20 heteroatoms. The van der Waals surface area contributed by atoms with Crippen molar-refractivity contribution in [2.24, 2.45) is 0 Å². The average Bonchev–Trinajstić information content (AvgIpc) is 3.89. The predicted octanol–water partition coefficient (Wildman–Crippen LogP) is 3.15. The van der Waals surface area contributed by atoms with Crippen molar-refractivity contribution in [3.8, 4) is 0 Å². The number of aryl methyl sites for hydroxylation is 1. The first-order chi connectivity index (χ1) is 23.8. The molecule has 2 fully saturated rings. The van der Waals surface area contributed by atoms with E-state index in [1.807, 2.05) is 42.1 Å². The van der Waals surface area contributed by atoms with Gasteiger partial charge < -0.3 is 37.8 Å². The largest absolute Gasteiger partial charge is 0.382 e. The Morgan fingerprint density at radius 2 is 1.47 bits per heavy atom. The summed E-state index contributed by atoms with van der Waals surface area (Å²) in [5, 5.41) is 2.94. The van der Waals surface area contributed by atoms with Gasteiger partial charge in [-0.05, 0) is 19.1 Å². The number of carbonyl (C=O) groups excluding carboxylic acids is 1. The van der Waals surface area contributed by atoms with Gasteiger partial charge in [0.2, 0.25) is 0 Å². The van der Waals surface area contributed by atoms with Gasteiger partial charge in [0.15, 0.2) is 22.9 Å². The number of benzene rings is 1. The third-order valence-corrected chi connectivity index (χ3v) is 10.2. The van der Waals surface area contributed by atoms with Crippen molar-refractivity contribution in [3.63, 3.8) is 0 Å². The van der Waals surface area contributed by atoms with E-state index in [9.17, 15) is 4.79 Å². The van der Waals surface area contributed by atoms with Gasteiger partial charge in [-0.15, -0.1) is 0 Å². The quantitative estimate of drug-likeness (QED) is 0.122. The van der Waals surface area contributed by atoms with E-state index in [-0.39, 0.29) is 36.9 Å². The molecule has 0 saturated carbocycles. The highest BCUT2D eigenvalue weighted by molar-refractivity contribution is 14.1. The Morgan fingerprint density at radius 1 is 0.898 bits per heavy atom. The third-order valence-electron chi connectivity index (χ3n) is 8.29. The van der Waals surface area contributed by atoms with E-state index in [2.05, 4.69) is 35.0 Å². The van der Waals surface area contributed by atoms with E-state index in [1.165, 1.54) is 12.7 Å². The molecule has 7 atom stereocenters. The Morgan fingerprint density at radius 3 is 2.04 bits per heavy atom. The molecule has 18 nitrogen and oxygen atoms in total. The number of nitrogens with one attached hydrogen (secondary N) is 1. The van der Waals surface area contributed by atoms with Crippen molar-refractivity contribution >= 4 is 71.4 Å². The zero-order valence-corrected chi connectivity index (χ0v) is 29.4. The highest BCUT2D eigenvalue weighted by Gasteiger charge is 2.42. The van der Waals surface area contributed by atoms with Crippen LogP contribution in [0.25, 0.3) is 22.3 Å². The number of carbonyl (C=O) groups is 1. The number of ether oxygens (including phenoxy) is 3. The smallest absolute Gasteiger partial charge is 0.290 e. The molecule has 6 heterocycles. The van der Waals surface area contributed by atoms with Crippen LogP contribution in [0.2, 0.25) is 0 Å². The maximum atomic E-state index is 13.4. The van der Waals surface area contributed by atoms with E-state index in [0.717, 1.165) is 5.56 Å². The van der Waals surface area contributed by atoms with Gasteiger partial charge in [0, 0.05) is 25.5 Å². The number of aromatic nitrogens is 8. The minimum atomic E-state index is -2.03. The molecule has 4 aromatic heterocycles. The second kappa shape index (κ2) is 14.7. The zero-order chi connectivity index (χ0) is 34.1. The molecule has 2 saturated heterocycles. The molecule has 2 aliphatic rings. The van der Waals surface area contributed by atoms with E-state index < -0.39 is 39.3 Å². The lowest BCUT2D eigenvalue weighted by Gasteiger charge is -2.25. The van der Waals surface area contributed by atoms with E-state index in [1.54, 1.807) is 41.0 Å². The number of methoxy groups -OCH3 is 1. The Hall–Kier alpha value is -3.69. The highest BCUT2D eigenvalue weighted by atomic mass is 127. The number of imidazole rings is 2. The first-order valence-corrected chi connectivity index (χ1v) is 17.3. The minimum absolute atomic E-state index is 0.0438. The first-order valence-electron chi connectivity index (χ1n) is 15.2. The summed E-state index contributed by atoms with van der Waals surface area (Å²) in [6, 6.07) is 7.22. The molecular formula is C29H33IN11O7P. The van der Waals surface area contributed by atoms with Gasteiger partial charge in [-0.1, -0.05) is 17.7 Å². The number of amides is 1. The van der Waals surface area contributed by atoms with Crippen LogP contribution in [0.15, 0.2) is 49.6 Å². The maximum Gasteiger partial charge on any atom is 0.290 e. The predicted molar refractivity (Wildman–Crippen MR) is 184 cm³/mol. The van der Waals surface area contributed by atoms with Crippen LogP contribution in [0, 0.1) is 6.92 Å². The van der Waals surface area contributed by atoms with E-state index in [0.29, 0.717) is 40.7 Å². The molecule has 1 amide bonds. The lowest BCUT2D eigenvalue weighted by Crippen LogP contribution is -2.32. The zero-order valence-electron chi connectivity index (χ0n) is 26.3. The first kappa shape index (κ1) is 33.8. The minimum Gasteiger partial charge on any atom is -0.382 e. The van der Waals surface area contributed by atoms with Gasteiger partial charge in [0.1, 0.15) is 77.5 Å². The van der Waals surface area contributed by atoms with Gasteiger partial charge in [-0.2, -0.15) is 0 Å². The molecule has 258 valence electrons. The Labute approximate surface area is 294 Å². The normalized spacial score (nSPS) is 24.6. The molecule has 2 aliphatic heterocycles. The fourth-order valence-corrected chi connectivity index (χ4v) is 7.54. The SMILES string of the molecule is COCC1OC(n2cnc3c(N)ncnc32)CC1OP(NC(=O)c1ccc(C)cc1)OCC1OC(n2cnc3c(N)ncnc32)CC1OI. The van der Waals surface area contributed by atoms with E-state index >= 15 is 0 Å². The average molecular weight is 806 g/mol. The summed E-state index contributed by atoms with van der Waals surface area (Å²) in [4.78, 5) is 38.9. The van der Waals surface area contributed by atoms with Crippen molar-refractivity contribution < 1.29 is 31.1 Å². The number of rotatable bonds is 12. The van der Waals surface area contributed by atoms with Crippen LogP contribution in [0.3, 0.4) is 0 Å². The van der Waals surface area contributed by atoms with Crippen LogP contribution in [-0.2, 0) is 26.3 Å². The molecule has 1 aromatic carbocycles. The number of nitrogens with zero attached hydrogens (tertiary/aromatic N) is 8. The number of nitrogen functional groups attached to an aromatic ring is 2. The Bertz CT molecular complexity index is 1930. The van der Waals surface area contributed by atoms with Gasteiger partial charge >= 0.3 is 0 Å². The maximum absolute atomic E-state index is 13.4. The summed E-state index contributed by atoms with van der Waals surface area (Å²) >= 11 is 1.85. The number of anilines is 2. The monoisotopic (exact) mass is 805 g/mol. The van der Waals surface area contributed by atoms with Gasteiger partial charge in [-0.25, -0.2) is 29.9 Å². The van der Waals surface area contributed by atoms with Gasteiger partial charge in [0.05, 0.1) is 32.0 Å². The van der Waals surface area contributed by atoms with Crippen LogP contribution in [0.5, 0.6) is 0 Å². The fourth-order valence-electron chi connectivity index (χ4n) is 5.78. The number of halogens is 1. The summed E-state index contributed by atoms with van der Waals surface area (Å²) in [6.07, 6.45) is 3.96. The van der Waals surface area contributed by atoms with Gasteiger partial charge in [0.25, 0.3) is 14.4 Å². The standard InChI is InChI=1S/C29H33IN11O7P/c1-15-3-5-16(6-4-15)29(42)39-49(44-10-20-17(47-30)7-21(46-20)40-13-37-23-25(31)33-11-35-27(23)40)48-18-8-22(45-19(18)9-43-2)41-14-38-24-26(32)34-12-36-28(24)41/h3-6,11-14,17-22H,7-10H2,1-2H3,(H,39,42)(H2,31,33,35)(H2,32,34,36). The number of hydrogen-bond acceptors (Lipinski definition) is 15. The van der Waals surface area contributed by atoms with Gasteiger partial charge in [-0.3, -0.25) is 19.0 Å². The van der Waals surface area contributed by atoms with Crippen molar-refractivity contribution in [1.82, 2.24) is 44.1 Å². The third kappa shape index (κ3) is 7.02. The number of fused-ring (bicyclic) bond motifs is 2. The summed E-state index contributed by atoms with van der Waals surface area (Å²) in [5.74, 6) is 0.188. The Kier molecular flexibility index (Phi) is 10.1. The highest BCUT2D eigenvalue weighted by Crippen LogP contribution is 2.44. The Balaban J connectivity index is 1.10. The van der Waals surface area contributed by atoms with Crippen molar-refractivity contribution in [2.45, 2.75) is 56.6 Å². The summed E-state index contributed by atoms with van der Waals surface area (Å²) in [6.45, 7) is 2.22. The van der Waals surface area contributed by atoms with E-state index in [4.69, 9.17) is 37.8 Å². The number of nitrogens with two attached hydrogens (primary N) is 2. The van der Waals surface area contributed by atoms with Crippen molar-refractivity contribution in [3.05, 3.63) is 60.7 Å². The second-order valence-electron chi connectivity index (χ2n) is 11.5. The molecule has 5 N–H and O–H groups in total. The van der Waals surface area contributed by atoms with Crippen LogP contribution >= 0.6 is 31.5 Å². The summed E-state index contributed by atoms with van der Waals surface area (Å²) < 4.78 is 40.4. The van der Waals surface area contributed by atoms with Crippen LogP contribution < -0.4 is 16.6 Å². The molecule has 0 aliphatic carbocycles. The lowest BCUT2D eigenvalue weighted by atomic mass is 10.1. The lowest BCUT2D eigenvalue weighted by molar-refractivity contribution is -0.0515. The molecule has 5 aromatic rings. The summed E-state index contributed by atoms with van der Waals surface area (Å²) in [5.41, 5.74) is 15.5. The fraction of sp³-hybridized carbons (Fsp3) is 0.414. The molecular weight excluding hydrogens is 772 g/mol. The summed E-state index contributed by atoms with van der Waals surface area (Å²) in [7, 11) is -0.450. The molecule has 0 radical (unpaired) electrons. The molecule has 7 unspecified atom stereocenters. The topological polar surface area (TPSA) is 224 Å². The van der Waals surface area contributed by atoms with Crippen molar-refractivity contribution in [2.75, 3.05) is 31.8 Å². The van der Waals surface area contributed by atoms with Crippen LogP contribution in [-0.4, -0.2) is 89.7 Å². The molecule has 7 rings (SSSR count). The molecule has 49 heavy (non-hydrogen) atoms. The molecule has 0 spiro atoms. The van der Waals surface area contributed by atoms with Crippen LogP contribution in [0.4, 0.5) is 11.6 Å². The number of hydrogen-bond donors (Lipinski definition) is 3. The second-order valence-corrected chi connectivity index (χ2v) is 13.2. The molecule has 0 bridgehead atoms. The van der Waals surface area contributed by atoms with Crippen LogP contribution in [0.1, 0.15) is 41.2 Å².